The molecule has 1 saturated heterocycles. The Balaban J connectivity index is 2.24. The number of halogens is 1. The Labute approximate surface area is 96.2 Å². The van der Waals surface area contributed by atoms with Gasteiger partial charge in [-0.25, -0.2) is 4.39 Å². The van der Waals surface area contributed by atoms with Crippen LogP contribution in [-0.4, -0.2) is 35.3 Å². The molecule has 0 spiro atoms. The zero-order valence-electron chi connectivity index (χ0n) is 8.80. The quantitative estimate of drug-likeness (QED) is 0.593. The number of hydrogen-bond acceptors (Lipinski definition) is 5. The molecule has 1 fully saturated rings. The molecule has 1 aliphatic heterocycles. The van der Waals surface area contributed by atoms with Crippen LogP contribution in [0.4, 0.5) is 10.1 Å². The Morgan fingerprint density at radius 2 is 2.29 bits per heavy atom. The minimum Gasteiger partial charge on any atom is -0.479 e. The normalized spacial score (nSPS) is 23.6. The third-order valence-electron chi connectivity index (χ3n) is 2.53. The first kappa shape index (κ1) is 11.7. The smallest absolute Gasteiger partial charge is 0.311 e. The monoisotopic (exact) mass is 242 g/mol. The highest BCUT2D eigenvalue weighted by Crippen LogP contribution is 2.29. The van der Waals surface area contributed by atoms with Crippen molar-refractivity contribution in [2.24, 2.45) is 0 Å². The van der Waals surface area contributed by atoms with Crippen LogP contribution in [0.3, 0.4) is 0 Å². The molecule has 0 bridgehead atoms. The number of aliphatic hydroxyl groups is 1. The van der Waals surface area contributed by atoms with E-state index in [4.69, 9.17) is 4.74 Å². The Bertz CT molecular complexity index is 440. The minimum atomic E-state index is -0.752. The van der Waals surface area contributed by atoms with Crippen molar-refractivity contribution < 1.29 is 19.2 Å². The van der Waals surface area contributed by atoms with Crippen LogP contribution in [0.25, 0.3) is 0 Å². The molecule has 2 atom stereocenters. The van der Waals surface area contributed by atoms with Crippen molar-refractivity contribution >= 4 is 5.69 Å². The van der Waals surface area contributed by atoms with Crippen LogP contribution in [0.5, 0.6) is 5.75 Å². The summed E-state index contributed by atoms with van der Waals surface area (Å²) in [6, 6.07) is 2.98. The van der Waals surface area contributed by atoms with Crippen molar-refractivity contribution in [3.63, 3.8) is 0 Å². The number of hydrogen-bond donors (Lipinski definition) is 2. The zero-order valence-corrected chi connectivity index (χ0v) is 8.80. The highest BCUT2D eigenvalue weighted by atomic mass is 19.1. The second-order valence-electron chi connectivity index (χ2n) is 3.75. The fourth-order valence-corrected chi connectivity index (χ4v) is 1.66. The van der Waals surface area contributed by atoms with Gasteiger partial charge in [0.1, 0.15) is 18.0 Å². The number of rotatable bonds is 3. The molecule has 1 aromatic rings. The van der Waals surface area contributed by atoms with Crippen LogP contribution in [0, 0.1) is 15.9 Å². The van der Waals surface area contributed by atoms with Gasteiger partial charge >= 0.3 is 5.69 Å². The minimum absolute atomic E-state index is 0.164. The highest BCUT2D eigenvalue weighted by molar-refractivity contribution is 5.46. The molecular formula is C10H11FN2O4. The number of β-amino-alcohol motifs (C(OH)–C–C–N with tert-alkyl or cyclic N) is 1. The molecule has 92 valence electrons. The molecule has 2 rings (SSSR count). The summed E-state index contributed by atoms with van der Waals surface area (Å²) in [4.78, 5) is 10.1. The van der Waals surface area contributed by atoms with Crippen molar-refractivity contribution in [3.05, 3.63) is 34.1 Å². The van der Waals surface area contributed by atoms with Crippen LogP contribution in [0.2, 0.25) is 0 Å². The number of benzene rings is 1. The van der Waals surface area contributed by atoms with E-state index >= 15 is 0 Å². The highest BCUT2D eigenvalue weighted by Gasteiger charge is 2.29. The van der Waals surface area contributed by atoms with Crippen LogP contribution in [-0.2, 0) is 0 Å². The van der Waals surface area contributed by atoms with Crippen molar-refractivity contribution in [3.8, 4) is 5.75 Å². The molecule has 7 heteroatoms. The van der Waals surface area contributed by atoms with E-state index < -0.39 is 22.9 Å². The molecule has 6 nitrogen and oxygen atoms in total. The van der Waals surface area contributed by atoms with Gasteiger partial charge in [0.05, 0.1) is 4.92 Å². The number of nitrogens with one attached hydrogen (secondary N) is 1. The maximum atomic E-state index is 13.0. The number of nitro benzene ring substituents is 1. The van der Waals surface area contributed by atoms with Gasteiger partial charge in [0.15, 0.2) is 5.75 Å². The zero-order chi connectivity index (χ0) is 12.4. The summed E-state index contributed by atoms with van der Waals surface area (Å²) < 4.78 is 18.3. The third-order valence-corrected chi connectivity index (χ3v) is 2.53. The Morgan fingerprint density at radius 1 is 1.53 bits per heavy atom. The van der Waals surface area contributed by atoms with Crippen LogP contribution in [0.15, 0.2) is 18.2 Å². The summed E-state index contributed by atoms with van der Waals surface area (Å²) in [5.74, 6) is -0.784. The van der Waals surface area contributed by atoms with Gasteiger partial charge in [0, 0.05) is 25.2 Å². The van der Waals surface area contributed by atoms with Crippen molar-refractivity contribution in [1.82, 2.24) is 5.32 Å². The Kier molecular flexibility index (Phi) is 3.21. The average Bonchev–Trinajstić information content (AvgIpc) is 2.64. The lowest BCUT2D eigenvalue weighted by molar-refractivity contribution is -0.386. The lowest BCUT2D eigenvalue weighted by atomic mass is 10.2. The van der Waals surface area contributed by atoms with Crippen molar-refractivity contribution in [2.45, 2.75) is 12.2 Å². The van der Waals surface area contributed by atoms with Crippen LogP contribution < -0.4 is 10.1 Å². The van der Waals surface area contributed by atoms with E-state index in [9.17, 15) is 19.6 Å². The number of ether oxygens (including phenoxy) is 1. The Hall–Kier alpha value is -1.73. The topological polar surface area (TPSA) is 84.6 Å². The van der Waals surface area contributed by atoms with E-state index in [1.54, 1.807) is 0 Å². The third kappa shape index (κ3) is 2.51. The van der Waals surface area contributed by atoms with Crippen LogP contribution in [0.1, 0.15) is 0 Å². The molecule has 0 saturated carbocycles. The molecule has 17 heavy (non-hydrogen) atoms. The van der Waals surface area contributed by atoms with Gasteiger partial charge < -0.3 is 15.2 Å². The Morgan fingerprint density at radius 3 is 2.88 bits per heavy atom. The van der Waals surface area contributed by atoms with Crippen molar-refractivity contribution in [2.75, 3.05) is 13.1 Å². The van der Waals surface area contributed by atoms with Gasteiger partial charge in [-0.15, -0.1) is 0 Å². The summed E-state index contributed by atoms with van der Waals surface area (Å²) >= 11 is 0. The standard InChI is InChI=1S/C10H11FN2O4/c11-6-1-2-7(13(15)16)9(3-6)17-10-5-12-4-8(10)14/h1-3,8,10,12,14H,4-5H2. The van der Waals surface area contributed by atoms with Gasteiger partial charge in [-0.3, -0.25) is 10.1 Å². The molecule has 0 aliphatic carbocycles. The van der Waals surface area contributed by atoms with Crippen molar-refractivity contribution in [1.29, 1.82) is 0 Å². The lowest BCUT2D eigenvalue weighted by Gasteiger charge is -2.15. The number of nitrogens with zero attached hydrogens (tertiary/aromatic N) is 1. The first-order valence-corrected chi connectivity index (χ1v) is 5.07. The van der Waals surface area contributed by atoms with E-state index in [2.05, 4.69) is 5.32 Å². The van der Waals surface area contributed by atoms with E-state index in [0.29, 0.717) is 13.1 Å². The fraction of sp³-hybridized carbons (Fsp3) is 0.400. The molecule has 0 aromatic heterocycles. The summed E-state index contributed by atoms with van der Waals surface area (Å²) in [6.45, 7) is 0.725. The molecule has 1 aromatic carbocycles. The predicted octanol–water partition coefficient (Wildman–Crippen LogP) is 0.445. The molecule has 2 N–H and O–H groups in total. The summed E-state index contributed by atoms with van der Waals surface area (Å²) in [7, 11) is 0. The second kappa shape index (κ2) is 4.64. The van der Waals surface area contributed by atoms with Gasteiger partial charge in [0.2, 0.25) is 0 Å². The number of nitro groups is 1. The molecular weight excluding hydrogens is 231 g/mol. The largest absolute Gasteiger partial charge is 0.479 e. The fourth-order valence-electron chi connectivity index (χ4n) is 1.66. The lowest BCUT2D eigenvalue weighted by Crippen LogP contribution is -2.30. The summed E-state index contributed by atoms with van der Waals surface area (Å²) in [6.07, 6.45) is -1.35. The SMILES string of the molecule is O=[N+]([O-])c1ccc(F)cc1OC1CNCC1O. The molecule has 0 radical (unpaired) electrons. The maximum Gasteiger partial charge on any atom is 0.311 e. The van der Waals surface area contributed by atoms with Gasteiger partial charge in [-0.05, 0) is 6.07 Å². The van der Waals surface area contributed by atoms with Gasteiger partial charge in [-0.1, -0.05) is 0 Å². The second-order valence-corrected chi connectivity index (χ2v) is 3.75. The number of aliphatic hydroxyl groups excluding tert-OH is 1. The molecule has 2 unspecified atom stereocenters. The average molecular weight is 242 g/mol. The van der Waals surface area contributed by atoms with E-state index in [1.165, 1.54) is 0 Å². The van der Waals surface area contributed by atoms with E-state index in [-0.39, 0.29) is 11.4 Å². The molecule has 1 aliphatic rings. The maximum absolute atomic E-state index is 13.0. The van der Waals surface area contributed by atoms with E-state index in [1.807, 2.05) is 0 Å². The van der Waals surface area contributed by atoms with Crippen LogP contribution >= 0.6 is 0 Å². The molecule has 1 heterocycles. The first-order chi connectivity index (χ1) is 8.08. The predicted molar refractivity (Wildman–Crippen MR) is 56.3 cm³/mol. The van der Waals surface area contributed by atoms with Gasteiger partial charge in [-0.2, -0.15) is 0 Å². The molecule has 0 amide bonds. The van der Waals surface area contributed by atoms with Gasteiger partial charge in [0.25, 0.3) is 0 Å². The summed E-state index contributed by atoms with van der Waals surface area (Å²) in [5.41, 5.74) is -0.314. The van der Waals surface area contributed by atoms with E-state index in [0.717, 1.165) is 18.2 Å². The summed E-state index contributed by atoms with van der Waals surface area (Å²) in [5, 5.41) is 23.1. The first-order valence-electron chi connectivity index (χ1n) is 5.07.